The number of carboxylic acids is 1. The summed E-state index contributed by atoms with van der Waals surface area (Å²) in [6.45, 7) is 4.05. The molecule has 0 radical (unpaired) electrons. The zero-order valence-electron chi connectivity index (χ0n) is 12.7. The van der Waals surface area contributed by atoms with Crippen LogP contribution in [-0.4, -0.2) is 39.9 Å². The molecule has 1 rings (SSSR count). The van der Waals surface area contributed by atoms with E-state index in [0.717, 1.165) is 6.42 Å². The number of hydrogen-bond donors (Lipinski definition) is 3. The van der Waals surface area contributed by atoms with Crippen molar-refractivity contribution in [3.8, 4) is 5.75 Å². The minimum atomic E-state index is -2.03. The van der Waals surface area contributed by atoms with Crippen LogP contribution in [0.5, 0.6) is 5.75 Å². The molecule has 1 heterocycles. The molecule has 0 aliphatic carbocycles. The van der Waals surface area contributed by atoms with Crippen molar-refractivity contribution in [1.29, 1.82) is 0 Å². The van der Waals surface area contributed by atoms with Gasteiger partial charge in [0.15, 0.2) is 5.60 Å². The Morgan fingerprint density at radius 2 is 2.14 bits per heavy atom. The molecular weight excluding hydrogens is 272 g/mol. The summed E-state index contributed by atoms with van der Waals surface area (Å²) in [5.41, 5.74) is 4.33. The van der Waals surface area contributed by atoms with E-state index in [9.17, 15) is 15.0 Å². The lowest BCUT2D eigenvalue weighted by Crippen LogP contribution is -2.55. The van der Waals surface area contributed by atoms with E-state index in [1.54, 1.807) is 12.1 Å². The van der Waals surface area contributed by atoms with E-state index >= 15 is 0 Å². The number of aromatic nitrogens is 1. The Balaban J connectivity index is 2.91. The molecular formula is C15H24N2O4. The van der Waals surface area contributed by atoms with Crippen LogP contribution in [0.25, 0.3) is 0 Å². The molecule has 1 aromatic rings. The first kappa shape index (κ1) is 17.4. The van der Waals surface area contributed by atoms with Gasteiger partial charge in [-0.3, -0.25) is 4.98 Å². The predicted octanol–water partition coefficient (Wildman–Crippen LogP) is 1.21. The predicted molar refractivity (Wildman–Crippen MR) is 79.1 cm³/mol. The third-order valence-electron chi connectivity index (χ3n) is 3.51. The second kappa shape index (κ2) is 7.38. The Labute approximate surface area is 125 Å². The second-order valence-electron chi connectivity index (χ2n) is 5.67. The summed E-state index contributed by atoms with van der Waals surface area (Å²) in [7, 11) is 1.51. The maximum Gasteiger partial charge on any atom is 0.337 e. The highest BCUT2D eigenvalue weighted by Gasteiger charge is 2.42. The number of aliphatic carboxylic acids is 1. The normalized spacial score (nSPS) is 15.5. The highest BCUT2D eigenvalue weighted by molar-refractivity contribution is 5.78. The van der Waals surface area contributed by atoms with Gasteiger partial charge in [0, 0.05) is 30.4 Å². The highest BCUT2D eigenvalue weighted by atomic mass is 16.5. The fourth-order valence-electron chi connectivity index (χ4n) is 2.07. The molecule has 2 atom stereocenters. The highest BCUT2D eigenvalue weighted by Crippen LogP contribution is 2.22. The third kappa shape index (κ3) is 4.68. The van der Waals surface area contributed by atoms with Gasteiger partial charge in [-0.2, -0.15) is 0 Å². The van der Waals surface area contributed by atoms with Gasteiger partial charge in [-0.1, -0.05) is 13.8 Å². The molecule has 0 unspecified atom stereocenters. The molecule has 4 N–H and O–H groups in total. The maximum atomic E-state index is 11.5. The summed E-state index contributed by atoms with van der Waals surface area (Å²) >= 11 is 0. The van der Waals surface area contributed by atoms with E-state index in [2.05, 4.69) is 4.98 Å². The number of methoxy groups -OCH3 is 1. The average Bonchev–Trinajstić information content (AvgIpc) is 2.44. The molecule has 1 aromatic heterocycles. The number of aliphatic hydroxyl groups is 1. The van der Waals surface area contributed by atoms with Crippen LogP contribution >= 0.6 is 0 Å². The SMILES string of the molecule is COc1ccnc(C[C@](O)(C(=O)O)[C@@H](N)CCC(C)C)c1. The van der Waals surface area contributed by atoms with Gasteiger partial charge in [-0.25, -0.2) is 4.79 Å². The Kier molecular flexibility index (Phi) is 6.11. The quantitative estimate of drug-likeness (QED) is 0.666. The molecule has 0 fully saturated rings. The third-order valence-corrected chi connectivity index (χ3v) is 3.51. The van der Waals surface area contributed by atoms with Gasteiger partial charge in [0.25, 0.3) is 0 Å². The number of pyridine rings is 1. The number of ether oxygens (including phenoxy) is 1. The van der Waals surface area contributed by atoms with E-state index in [-0.39, 0.29) is 6.42 Å². The van der Waals surface area contributed by atoms with Crippen LogP contribution in [0, 0.1) is 5.92 Å². The lowest BCUT2D eigenvalue weighted by atomic mass is 9.85. The first-order chi connectivity index (χ1) is 9.79. The Hall–Kier alpha value is -1.66. The van der Waals surface area contributed by atoms with Crippen molar-refractivity contribution in [3.05, 3.63) is 24.0 Å². The zero-order chi connectivity index (χ0) is 16.0. The van der Waals surface area contributed by atoms with Crippen LogP contribution in [0.15, 0.2) is 18.3 Å². The Morgan fingerprint density at radius 3 is 2.67 bits per heavy atom. The molecule has 0 bridgehead atoms. The smallest absolute Gasteiger partial charge is 0.337 e. The van der Waals surface area contributed by atoms with Crippen LogP contribution in [0.3, 0.4) is 0 Å². The largest absolute Gasteiger partial charge is 0.497 e. The van der Waals surface area contributed by atoms with Crippen molar-refractivity contribution in [2.75, 3.05) is 7.11 Å². The van der Waals surface area contributed by atoms with Gasteiger partial charge in [-0.15, -0.1) is 0 Å². The van der Waals surface area contributed by atoms with E-state index in [1.807, 2.05) is 13.8 Å². The number of nitrogens with zero attached hydrogens (tertiary/aromatic N) is 1. The molecule has 0 saturated heterocycles. The summed E-state index contributed by atoms with van der Waals surface area (Å²) in [4.78, 5) is 15.6. The number of rotatable bonds is 8. The molecule has 0 aliphatic heterocycles. The van der Waals surface area contributed by atoms with Crippen LogP contribution in [-0.2, 0) is 11.2 Å². The summed E-state index contributed by atoms with van der Waals surface area (Å²) in [5, 5.41) is 19.8. The minimum absolute atomic E-state index is 0.154. The lowest BCUT2D eigenvalue weighted by molar-refractivity contribution is -0.161. The molecule has 0 aromatic carbocycles. The van der Waals surface area contributed by atoms with Crippen molar-refractivity contribution in [2.24, 2.45) is 11.7 Å². The van der Waals surface area contributed by atoms with Crippen molar-refractivity contribution in [2.45, 2.75) is 44.8 Å². The van der Waals surface area contributed by atoms with Crippen molar-refractivity contribution in [3.63, 3.8) is 0 Å². The molecule has 6 nitrogen and oxygen atoms in total. The average molecular weight is 296 g/mol. The minimum Gasteiger partial charge on any atom is -0.497 e. The number of carbonyl (C=O) groups is 1. The first-order valence-corrected chi connectivity index (χ1v) is 7.00. The van der Waals surface area contributed by atoms with Crippen LogP contribution in [0.1, 0.15) is 32.4 Å². The fraction of sp³-hybridized carbons (Fsp3) is 0.600. The van der Waals surface area contributed by atoms with Gasteiger partial charge in [0.05, 0.1) is 7.11 Å². The van der Waals surface area contributed by atoms with E-state index in [0.29, 0.717) is 23.8 Å². The molecule has 0 amide bonds. The van der Waals surface area contributed by atoms with Gasteiger partial charge < -0.3 is 20.7 Å². The molecule has 0 saturated carbocycles. The topological polar surface area (TPSA) is 106 Å². The Morgan fingerprint density at radius 1 is 1.48 bits per heavy atom. The summed E-state index contributed by atoms with van der Waals surface area (Å²) in [6.07, 6.45) is 2.54. The van der Waals surface area contributed by atoms with Crippen LogP contribution in [0.4, 0.5) is 0 Å². The Bertz CT molecular complexity index is 478. The molecule has 118 valence electrons. The number of hydrogen-bond acceptors (Lipinski definition) is 5. The van der Waals surface area contributed by atoms with Crippen molar-refractivity contribution in [1.82, 2.24) is 4.98 Å². The summed E-state index contributed by atoms with van der Waals surface area (Å²) in [6, 6.07) is 2.40. The van der Waals surface area contributed by atoms with Gasteiger partial charge in [0.1, 0.15) is 5.75 Å². The number of carboxylic acid groups (broad SMARTS) is 1. The summed E-state index contributed by atoms with van der Waals surface area (Å²) < 4.78 is 5.07. The van der Waals surface area contributed by atoms with Crippen molar-refractivity contribution < 1.29 is 19.7 Å². The molecule has 6 heteroatoms. The van der Waals surface area contributed by atoms with Gasteiger partial charge in [0.2, 0.25) is 0 Å². The van der Waals surface area contributed by atoms with Gasteiger partial charge >= 0.3 is 5.97 Å². The van der Waals surface area contributed by atoms with Crippen LogP contribution < -0.4 is 10.5 Å². The summed E-state index contributed by atoms with van der Waals surface area (Å²) in [5.74, 6) is -0.379. The lowest BCUT2D eigenvalue weighted by Gasteiger charge is -2.30. The first-order valence-electron chi connectivity index (χ1n) is 7.00. The maximum absolute atomic E-state index is 11.5. The molecule has 21 heavy (non-hydrogen) atoms. The second-order valence-corrected chi connectivity index (χ2v) is 5.67. The van der Waals surface area contributed by atoms with Crippen molar-refractivity contribution >= 4 is 5.97 Å². The monoisotopic (exact) mass is 296 g/mol. The fourth-order valence-corrected chi connectivity index (χ4v) is 2.07. The van der Waals surface area contributed by atoms with E-state index in [4.69, 9.17) is 10.5 Å². The molecule has 0 aliphatic rings. The van der Waals surface area contributed by atoms with E-state index < -0.39 is 17.6 Å². The zero-order valence-corrected chi connectivity index (χ0v) is 12.7. The molecule has 0 spiro atoms. The van der Waals surface area contributed by atoms with Gasteiger partial charge in [-0.05, 0) is 24.8 Å². The van der Waals surface area contributed by atoms with E-state index in [1.165, 1.54) is 13.3 Å². The van der Waals surface area contributed by atoms with Crippen LogP contribution in [0.2, 0.25) is 0 Å². The number of nitrogens with two attached hydrogens (primary N) is 1. The standard InChI is InChI=1S/C15H24N2O4/c1-10(2)4-5-13(16)15(20,14(18)19)9-11-8-12(21-3)6-7-17-11/h6-8,10,13,20H,4-5,9,16H2,1-3H3,(H,18,19)/t13-,15+/m0/s1.